The molecule has 0 unspecified atom stereocenters. The number of aromatic nitrogens is 4. The first-order chi connectivity index (χ1) is 10.9. The summed E-state index contributed by atoms with van der Waals surface area (Å²) in [6.07, 6.45) is 0. The highest BCUT2D eigenvalue weighted by molar-refractivity contribution is 5.95. The third kappa shape index (κ3) is 4.09. The maximum atomic E-state index is 13.0. The topological polar surface area (TPSA) is 128 Å². The second-order valence-corrected chi connectivity index (χ2v) is 4.29. The monoisotopic (exact) mass is 325 g/mol. The fourth-order valence-corrected chi connectivity index (χ4v) is 1.46. The van der Waals surface area contributed by atoms with Gasteiger partial charge in [-0.3, -0.25) is 4.79 Å². The highest BCUT2D eigenvalue weighted by Crippen LogP contribution is 2.08. The zero-order valence-corrected chi connectivity index (χ0v) is 11.6. The predicted molar refractivity (Wildman–Crippen MR) is 71.4 cm³/mol. The molecule has 1 aromatic carbocycles. The number of hydrazone groups is 1. The van der Waals surface area contributed by atoms with Crippen molar-refractivity contribution in [2.75, 3.05) is 0 Å². The van der Waals surface area contributed by atoms with Crippen molar-refractivity contribution in [2.24, 2.45) is 5.10 Å². The maximum absolute atomic E-state index is 13.0. The molecule has 0 saturated heterocycles. The van der Waals surface area contributed by atoms with Crippen LogP contribution in [0.15, 0.2) is 23.3 Å². The molecule has 12 heteroatoms. The summed E-state index contributed by atoms with van der Waals surface area (Å²) in [6, 6.07) is 2.65. The smallest absolute Gasteiger partial charge is 0.390 e. The van der Waals surface area contributed by atoms with Crippen LogP contribution in [0.25, 0.3) is 0 Å². The summed E-state index contributed by atoms with van der Waals surface area (Å²) in [4.78, 5) is 22.2. The number of hydrogen-bond acceptors (Lipinski definition) is 7. The van der Waals surface area contributed by atoms with Crippen molar-refractivity contribution in [1.29, 1.82) is 0 Å². The number of benzene rings is 1. The molecule has 0 bridgehead atoms. The van der Waals surface area contributed by atoms with Crippen LogP contribution in [0.4, 0.5) is 14.7 Å². The van der Waals surface area contributed by atoms with Gasteiger partial charge in [-0.15, -0.1) is 0 Å². The first-order valence-electron chi connectivity index (χ1n) is 6.07. The Kier molecular flexibility index (Phi) is 4.64. The number of hydrogen-bond donors (Lipinski definition) is 1. The van der Waals surface area contributed by atoms with Crippen LogP contribution in [0.1, 0.15) is 17.3 Å². The Morgan fingerprint density at radius 3 is 2.78 bits per heavy atom. The number of nitrogens with one attached hydrogen (secondary N) is 1. The van der Waals surface area contributed by atoms with Gasteiger partial charge in [0.05, 0.1) is 15.9 Å². The first kappa shape index (κ1) is 16.1. The fourth-order valence-electron chi connectivity index (χ4n) is 1.46. The summed E-state index contributed by atoms with van der Waals surface area (Å²) >= 11 is 0. The van der Waals surface area contributed by atoms with E-state index in [1.165, 1.54) is 6.92 Å². The number of nitrogens with zero attached hydrogens (tertiary/aromatic N) is 6. The van der Waals surface area contributed by atoms with Gasteiger partial charge < -0.3 is 10.1 Å². The van der Waals surface area contributed by atoms with Crippen molar-refractivity contribution in [3.63, 3.8) is 0 Å². The summed E-state index contributed by atoms with van der Waals surface area (Å²) in [6.45, 7) is 1.44. The van der Waals surface area contributed by atoms with Crippen LogP contribution in [0.2, 0.25) is 0 Å². The van der Waals surface area contributed by atoms with Gasteiger partial charge in [0.25, 0.3) is 5.91 Å². The minimum atomic E-state index is -1.16. The molecule has 2 rings (SSSR count). The van der Waals surface area contributed by atoms with Gasteiger partial charge in [0.15, 0.2) is 11.6 Å². The van der Waals surface area contributed by atoms with Gasteiger partial charge in [-0.2, -0.15) is 5.10 Å². The molecule has 1 N–H and O–H groups in total. The molecule has 0 fully saturated rings. The molecule has 0 radical (unpaired) electrons. The van der Waals surface area contributed by atoms with E-state index in [-0.39, 0.29) is 12.1 Å². The number of tetrazole rings is 1. The molecule has 1 aromatic heterocycles. The van der Waals surface area contributed by atoms with E-state index in [9.17, 15) is 23.7 Å². The van der Waals surface area contributed by atoms with Crippen molar-refractivity contribution < 1.29 is 18.5 Å². The highest BCUT2D eigenvalue weighted by atomic mass is 19.2. The molecule has 0 spiro atoms. The lowest BCUT2D eigenvalue weighted by molar-refractivity contribution is -0.394. The quantitative estimate of drug-likeness (QED) is 0.488. The van der Waals surface area contributed by atoms with Gasteiger partial charge in [-0.1, -0.05) is 4.80 Å². The van der Waals surface area contributed by atoms with E-state index < -0.39 is 28.4 Å². The van der Waals surface area contributed by atoms with E-state index in [4.69, 9.17) is 0 Å². The van der Waals surface area contributed by atoms with E-state index in [0.29, 0.717) is 5.71 Å². The van der Waals surface area contributed by atoms with Gasteiger partial charge in [0.1, 0.15) is 6.54 Å². The second kappa shape index (κ2) is 6.64. The third-order valence-electron chi connectivity index (χ3n) is 2.51. The lowest BCUT2D eigenvalue weighted by atomic mass is 10.2. The molecule has 0 aliphatic heterocycles. The van der Waals surface area contributed by atoms with Crippen molar-refractivity contribution in [2.45, 2.75) is 13.5 Å². The Balaban J connectivity index is 1.99. The normalized spacial score (nSPS) is 11.3. The third-order valence-corrected chi connectivity index (χ3v) is 2.51. The number of carbonyl (C=O) groups is 1. The Labute approximate surface area is 126 Å². The van der Waals surface area contributed by atoms with Crippen LogP contribution in [0.3, 0.4) is 0 Å². The number of carbonyl (C=O) groups excluding carboxylic acids is 1. The van der Waals surface area contributed by atoms with Crippen LogP contribution in [0.5, 0.6) is 0 Å². The highest BCUT2D eigenvalue weighted by Gasteiger charge is 2.15. The van der Waals surface area contributed by atoms with Crippen molar-refractivity contribution >= 4 is 17.6 Å². The van der Waals surface area contributed by atoms with Gasteiger partial charge in [0.2, 0.25) is 0 Å². The number of nitro groups is 1. The Morgan fingerprint density at radius 2 is 2.17 bits per heavy atom. The van der Waals surface area contributed by atoms with Gasteiger partial charge >= 0.3 is 5.95 Å². The maximum Gasteiger partial charge on any atom is 0.514 e. The van der Waals surface area contributed by atoms with Crippen LogP contribution < -0.4 is 5.43 Å². The molecule has 0 aliphatic carbocycles. The van der Waals surface area contributed by atoms with Crippen LogP contribution >= 0.6 is 0 Å². The Bertz CT molecular complexity index is 790. The molecule has 0 saturated carbocycles. The molecule has 10 nitrogen and oxygen atoms in total. The Hall–Kier alpha value is -3.31. The van der Waals surface area contributed by atoms with Crippen molar-refractivity contribution in [3.8, 4) is 0 Å². The fraction of sp³-hybridized carbons (Fsp3) is 0.182. The van der Waals surface area contributed by atoms with E-state index in [1.54, 1.807) is 0 Å². The van der Waals surface area contributed by atoms with Crippen LogP contribution in [-0.4, -0.2) is 36.7 Å². The standard InChI is InChI=1S/C11H9F2N7O3/c1-6(5-19-17-11(16-18-19)20(22)23)14-15-10(21)7-2-3-8(12)9(13)4-7/h2-4H,5H2,1H3,(H,15,21). The summed E-state index contributed by atoms with van der Waals surface area (Å²) in [5, 5.41) is 24.2. The van der Waals surface area contributed by atoms with Gasteiger partial charge in [0, 0.05) is 10.8 Å². The number of amides is 1. The summed E-state index contributed by atoms with van der Waals surface area (Å²) < 4.78 is 25.8. The number of halogens is 2. The lowest BCUT2D eigenvalue weighted by Crippen LogP contribution is -2.21. The van der Waals surface area contributed by atoms with E-state index in [2.05, 4.69) is 25.9 Å². The first-order valence-corrected chi connectivity index (χ1v) is 6.07. The molecular formula is C11H9F2N7O3. The van der Waals surface area contributed by atoms with Crippen LogP contribution in [-0.2, 0) is 6.54 Å². The Morgan fingerprint density at radius 1 is 1.43 bits per heavy atom. The molecule has 1 heterocycles. The zero-order chi connectivity index (χ0) is 17.0. The molecule has 23 heavy (non-hydrogen) atoms. The molecular weight excluding hydrogens is 316 g/mol. The van der Waals surface area contributed by atoms with Gasteiger partial charge in [-0.25, -0.2) is 14.2 Å². The minimum Gasteiger partial charge on any atom is -0.390 e. The lowest BCUT2D eigenvalue weighted by Gasteiger charge is -2.02. The minimum absolute atomic E-state index is 0.0566. The van der Waals surface area contributed by atoms with Crippen molar-refractivity contribution in [3.05, 3.63) is 45.5 Å². The number of rotatable bonds is 5. The molecule has 1 amide bonds. The summed E-state index contributed by atoms with van der Waals surface area (Å²) in [7, 11) is 0. The SMILES string of the molecule is CC(Cn1nnc([N+](=O)[O-])n1)=NNC(=O)c1ccc(F)c(F)c1. The van der Waals surface area contributed by atoms with Crippen LogP contribution in [0, 0.1) is 21.7 Å². The molecule has 120 valence electrons. The van der Waals surface area contributed by atoms with Crippen molar-refractivity contribution in [1.82, 2.24) is 25.6 Å². The average molecular weight is 325 g/mol. The van der Waals surface area contributed by atoms with E-state index >= 15 is 0 Å². The zero-order valence-electron chi connectivity index (χ0n) is 11.6. The summed E-state index contributed by atoms with van der Waals surface area (Å²) in [5.41, 5.74) is 2.32. The summed E-state index contributed by atoms with van der Waals surface area (Å²) in [5.74, 6) is -3.64. The predicted octanol–water partition coefficient (Wildman–Crippen LogP) is 0.665. The van der Waals surface area contributed by atoms with E-state index in [1.807, 2.05) is 0 Å². The average Bonchev–Trinajstić information content (AvgIpc) is 2.96. The molecule has 0 atom stereocenters. The second-order valence-electron chi connectivity index (χ2n) is 4.29. The molecule has 0 aliphatic rings. The van der Waals surface area contributed by atoms with E-state index in [0.717, 1.165) is 23.0 Å². The largest absolute Gasteiger partial charge is 0.514 e. The van der Waals surface area contributed by atoms with Gasteiger partial charge in [-0.05, 0) is 30.0 Å². The molecule has 2 aromatic rings.